The minimum Gasteiger partial charge on any atom is -0.331 e. The largest absolute Gasteiger partial charge is 0.331 e. The predicted molar refractivity (Wildman–Crippen MR) is 75.1 cm³/mol. The van der Waals surface area contributed by atoms with E-state index in [0.29, 0.717) is 6.42 Å². The molecule has 1 aromatic heterocycles. The molecule has 0 radical (unpaired) electrons. The van der Waals surface area contributed by atoms with E-state index in [1.54, 1.807) is 0 Å². The molecule has 0 amide bonds. The molecular formula is C15H19N3O. The van der Waals surface area contributed by atoms with Gasteiger partial charge in [0, 0.05) is 7.05 Å². The standard InChI is InChI=1S/C15H19N3O/c1-18-13-8-3-2-6-11(13)17-15(18)10-14(19)12-7-4-5-9-16-12/h2-3,6,8,12,16H,4-5,7,9-10H2,1H3. The van der Waals surface area contributed by atoms with E-state index in [9.17, 15) is 4.79 Å². The van der Waals surface area contributed by atoms with Gasteiger partial charge in [-0.05, 0) is 31.5 Å². The molecule has 1 unspecified atom stereocenters. The first-order chi connectivity index (χ1) is 9.25. The molecule has 4 nitrogen and oxygen atoms in total. The van der Waals surface area contributed by atoms with Crippen molar-refractivity contribution in [3.8, 4) is 0 Å². The van der Waals surface area contributed by atoms with Crippen LogP contribution in [0.3, 0.4) is 0 Å². The summed E-state index contributed by atoms with van der Waals surface area (Å²) in [5.74, 6) is 1.12. The number of nitrogens with one attached hydrogen (secondary N) is 1. The molecule has 0 saturated carbocycles. The number of benzene rings is 1. The van der Waals surface area contributed by atoms with Gasteiger partial charge in [0.2, 0.25) is 0 Å². The Morgan fingerprint density at radius 2 is 2.26 bits per heavy atom. The Morgan fingerprint density at radius 3 is 3.00 bits per heavy atom. The zero-order valence-corrected chi connectivity index (χ0v) is 11.2. The number of hydrogen-bond donors (Lipinski definition) is 1. The van der Waals surface area contributed by atoms with Gasteiger partial charge in [-0.25, -0.2) is 4.98 Å². The highest BCUT2D eigenvalue weighted by molar-refractivity contribution is 5.86. The maximum absolute atomic E-state index is 12.3. The average molecular weight is 257 g/mol. The smallest absolute Gasteiger partial charge is 0.157 e. The lowest BCUT2D eigenvalue weighted by atomic mass is 9.99. The summed E-state index contributed by atoms with van der Waals surface area (Å²) in [6.45, 7) is 0.957. The molecule has 100 valence electrons. The van der Waals surface area contributed by atoms with Crippen molar-refractivity contribution >= 4 is 16.8 Å². The number of rotatable bonds is 3. The van der Waals surface area contributed by atoms with Gasteiger partial charge < -0.3 is 9.88 Å². The molecule has 1 fully saturated rings. The zero-order chi connectivity index (χ0) is 13.2. The molecule has 1 N–H and O–H groups in total. The Morgan fingerprint density at radius 1 is 1.42 bits per heavy atom. The van der Waals surface area contributed by atoms with Gasteiger partial charge in [0.15, 0.2) is 5.78 Å². The van der Waals surface area contributed by atoms with Gasteiger partial charge in [-0.15, -0.1) is 0 Å². The normalized spacial score (nSPS) is 19.7. The summed E-state index contributed by atoms with van der Waals surface area (Å²) < 4.78 is 2.02. The molecule has 1 aliphatic rings. The van der Waals surface area contributed by atoms with Crippen molar-refractivity contribution < 1.29 is 4.79 Å². The van der Waals surface area contributed by atoms with Crippen LogP contribution in [0.2, 0.25) is 0 Å². The molecule has 2 heterocycles. The van der Waals surface area contributed by atoms with Gasteiger partial charge in [0.1, 0.15) is 5.82 Å². The lowest BCUT2D eigenvalue weighted by Crippen LogP contribution is -2.41. The summed E-state index contributed by atoms with van der Waals surface area (Å²) in [5.41, 5.74) is 2.05. The molecular weight excluding hydrogens is 238 g/mol. The molecule has 0 spiro atoms. The fourth-order valence-electron chi connectivity index (χ4n) is 2.76. The summed E-state index contributed by atoms with van der Waals surface area (Å²) in [5, 5.41) is 3.31. The van der Waals surface area contributed by atoms with Crippen LogP contribution in [0, 0.1) is 0 Å². The first-order valence-electron chi connectivity index (χ1n) is 6.92. The number of Topliss-reactive ketones (excluding diaryl/α,β-unsaturated/α-hetero) is 1. The number of aryl methyl sites for hydroxylation is 1. The van der Waals surface area contributed by atoms with Gasteiger partial charge in [-0.2, -0.15) is 0 Å². The van der Waals surface area contributed by atoms with Crippen LogP contribution in [0.25, 0.3) is 11.0 Å². The summed E-state index contributed by atoms with van der Waals surface area (Å²) in [6.07, 6.45) is 3.70. The van der Waals surface area contributed by atoms with Crippen molar-refractivity contribution in [2.75, 3.05) is 6.54 Å². The predicted octanol–water partition coefficient (Wildman–Crippen LogP) is 1.83. The summed E-state index contributed by atoms with van der Waals surface area (Å²) >= 11 is 0. The minimum absolute atomic E-state index is 0.0218. The number of ketones is 1. The van der Waals surface area contributed by atoms with E-state index >= 15 is 0 Å². The topological polar surface area (TPSA) is 46.9 Å². The molecule has 1 atom stereocenters. The molecule has 1 saturated heterocycles. The fraction of sp³-hybridized carbons (Fsp3) is 0.467. The van der Waals surface area contributed by atoms with Crippen LogP contribution in [0.4, 0.5) is 0 Å². The number of nitrogens with zero attached hydrogens (tertiary/aromatic N) is 2. The second-order valence-corrected chi connectivity index (χ2v) is 5.22. The number of para-hydroxylation sites is 2. The van der Waals surface area contributed by atoms with Crippen molar-refractivity contribution in [1.29, 1.82) is 0 Å². The first-order valence-corrected chi connectivity index (χ1v) is 6.92. The molecule has 19 heavy (non-hydrogen) atoms. The molecule has 2 aromatic rings. The van der Waals surface area contributed by atoms with E-state index in [1.165, 1.54) is 6.42 Å². The van der Waals surface area contributed by atoms with Crippen molar-refractivity contribution in [2.24, 2.45) is 7.05 Å². The van der Waals surface area contributed by atoms with Crippen LogP contribution in [0.1, 0.15) is 25.1 Å². The molecule has 4 heteroatoms. The molecule has 1 aliphatic heterocycles. The van der Waals surface area contributed by atoms with Crippen LogP contribution in [-0.4, -0.2) is 27.9 Å². The van der Waals surface area contributed by atoms with Gasteiger partial charge in [0.25, 0.3) is 0 Å². The summed E-state index contributed by atoms with van der Waals surface area (Å²) in [4.78, 5) is 16.8. The van der Waals surface area contributed by atoms with Crippen LogP contribution in [-0.2, 0) is 18.3 Å². The Kier molecular flexibility index (Phi) is 3.34. The lowest BCUT2D eigenvalue weighted by molar-refractivity contribution is -0.121. The van der Waals surface area contributed by atoms with Crippen LogP contribution >= 0.6 is 0 Å². The number of carbonyl (C=O) groups excluding carboxylic acids is 1. The average Bonchev–Trinajstić information content (AvgIpc) is 2.77. The van der Waals surface area contributed by atoms with E-state index in [0.717, 1.165) is 36.2 Å². The number of imidazole rings is 1. The Labute approximate surface area is 112 Å². The van der Waals surface area contributed by atoms with E-state index in [4.69, 9.17) is 0 Å². The highest BCUT2D eigenvalue weighted by atomic mass is 16.1. The first kappa shape index (κ1) is 12.4. The number of fused-ring (bicyclic) bond motifs is 1. The third-order valence-corrected chi connectivity index (χ3v) is 3.91. The van der Waals surface area contributed by atoms with Crippen molar-refractivity contribution in [3.05, 3.63) is 30.1 Å². The van der Waals surface area contributed by atoms with E-state index in [1.807, 2.05) is 35.9 Å². The summed E-state index contributed by atoms with van der Waals surface area (Å²) in [7, 11) is 1.98. The van der Waals surface area contributed by atoms with Crippen LogP contribution in [0.5, 0.6) is 0 Å². The SMILES string of the molecule is Cn1c(CC(=O)C2CCCCN2)nc2ccccc21. The van der Waals surface area contributed by atoms with E-state index < -0.39 is 0 Å². The van der Waals surface area contributed by atoms with Crippen molar-refractivity contribution in [1.82, 2.24) is 14.9 Å². The highest BCUT2D eigenvalue weighted by Gasteiger charge is 2.22. The second kappa shape index (κ2) is 5.13. The molecule has 0 bridgehead atoms. The lowest BCUT2D eigenvalue weighted by Gasteiger charge is -2.21. The van der Waals surface area contributed by atoms with Crippen LogP contribution < -0.4 is 5.32 Å². The minimum atomic E-state index is 0.0218. The maximum atomic E-state index is 12.3. The summed E-state index contributed by atoms with van der Waals surface area (Å²) in [6, 6.07) is 8.02. The van der Waals surface area contributed by atoms with Crippen molar-refractivity contribution in [3.63, 3.8) is 0 Å². The monoisotopic (exact) mass is 257 g/mol. The van der Waals surface area contributed by atoms with E-state index in [2.05, 4.69) is 10.3 Å². The van der Waals surface area contributed by atoms with Crippen molar-refractivity contribution in [2.45, 2.75) is 31.7 Å². The fourth-order valence-corrected chi connectivity index (χ4v) is 2.76. The molecule has 0 aliphatic carbocycles. The third-order valence-electron chi connectivity index (χ3n) is 3.91. The van der Waals surface area contributed by atoms with Gasteiger partial charge in [-0.1, -0.05) is 18.6 Å². The van der Waals surface area contributed by atoms with Gasteiger partial charge in [0.05, 0.1) is 23.5 Å². The zero-order valence-electron chi connectivity index (χ0n) is 11.2. The number of hydrogen-bond acceptors (Lipinski definition) is 3. The number of aromatic nitrogens is 2. The number of piperidine rings is 1. The third kappa shape index (κ3) is 2.40. The Hall–Kier alpha value is -1.68. The highest BCUT2D eigenvalue weighted by Crippen LogP contribution is 2.16. The van der Waals surface area contributed by atoms with E-state index in [-0.39, 0.29) is 11.8 Å². The number of carbonyl (C=O) groups is 1. The molecule has 3 rings (SSSR count). The van der Waals surface area contributed by atoms with Gasteiger partial charge in [-0.3, -0.25) is 4.79 Å². The molecule has 1 aromatic carbocycles. The second-order valence-electron chi connectivity index (χ2n) is 5.22. The quantitative estimate of drug-likeness (QED) is 0.912. The Balaban J connectivity index is 1.81. The maximum Gasteiger partial charge on any atom is 0.157 e. The van der Waals surface area contributed by atoms with Gasteiger partial charge >= 0.3 is 0 Å². The Bertz CT molecular complexity index is 596. The van der Waals surface area contributed by atoms with Crippen LogP contribution in [0.15, 0.2) is 24.3 Å².